The first-order valence-corrected chi connectivity index (χ1v) is 7.74. The van der Waals surface area contributed by atoms with Gasteiger partial charge in [0.2, 0.25) is 0 Å². The maximum Gasteiger partial charge on any atom is 0.379 e. The van der Waals surface area contributed by atoms with E-state index in [1.165, 1.54) is 25.7 Å². The SMILES string of the molecule is CCC.CCC1CO1.CCCCOCC1CO1.FC(F)F. The number of hydrogen-bond donors (Lipinski definition) is 0. The number of ether oxygens (including phenoxy) is 3. The van der Waals surface area contributed by atoms with Crippen molar-refractivity contribution in [2.75, 3.05) is 26.4 Å². The van der Waals surface area contributed by atoms with E-state index >= 15 is 0 Å². The Labute approximate surface area is 127 Å². The molecule has 6 heteroatoms. The van der Waals surface area contributed by atoms with Crippen LogP contribution in [0.2, 0.25) is 0 Å². The average molecular weight is 316 g/mol. The van der Waals surface area contributed by atoms with Gasteiger partial charge in [0.1, 0.15) is 6.10 Å². The molecular formula is C15H31F3O3. The number of hydrogen-bond acceptors (Lipinski definition) is 3. The standard InChI is InChI=1S/C7H14O2.C4H8O.C3H8.CHF3/c1-2-3-4-8-5-7-6-9-7;1-2-4-3-5-4;1-3-2;2-1(3)4/h7H,2-6H2,1H3;4H,2-3H2,1H3;3H2,1-2H3;1H. The highest BCUT2D eigenvalue weighted by Crippen LogP contribution is 2.11. The quantitative estimate of drug-likeness (QED) is 0.531. The van der Waals surface area contributed by atoms with Gasteiger partial charge in [0, 0.05) is 6.61 Å². The van der Waals surface area contributed by atoms with Crippen molar-refractivity contribution < 1.29 is 27.4 Å². The molecule has 0 amide bonds. The van der Waals surface area contributed by atoms with Crippen LogP contribution >= 0.6 is 0 Å². The van der Waals surface area contributed by atoms with Crippen LogP contribution in [0, 0.1) is 0 Å². The van der Waals surface area contributed by atoms with Crippen molar-refractivity contribution in [2.24, 2.45) is 0 Å². The molecule has 2 heterocycles. The summed E-state index contributed by atoms with van der Waals surface area (Å²) in [5.74, 6) is 0. The van der Waals surface area contributed by atoms with Crippen molar-refractivity contribution in [3.8, 4) is 0 Å². The second kappa shape index (κ2) is 17.7. The predicted octanol–water partition coefficient (Wildman–Crippen LogP) is 4.59. The van der Waals surface area contributed by atoms with E-state index in [1.807, 2.05) is 0 Å². The lowest BCUT2D eigenvalue weighted by molar-refractivity contribution is 0.00819. The molecule has 2 aliphatic heterocycles. The Morgan fingerprint density at radius 3 is 1.67 bits per heavy atom. The fourth-order valence-corrected chi connectivity index (χ4v) is 0.929. The maximum absolute atomic E-state index is 9.67. The molecule has 3 nitrogen and oxygen atoms in total. The Kier molecular flexibility index (Phi) is 19.4. The first-order chi connectivity index (χ1) is 10.0. The van der Waals surface area contributed by atoms with Gasteiger partial charge in [0.15, 0.2) is 0 Å². The number of unbranched alkanes of at least 4 members (excludes halogenated alkanes) is 1. The summed E-state index contributed by atoms with van der Waals surface area (Å²) >= 11 is 0. The molecule has 0 aliphatic carbocycles. The van der Waals surface area contributed by atoms with Crippen LogP contribution in [0.4, 0.5) is 13.2 Å². The fraction of sp³-hybridized carbons (Fsp3) is 1.00. The molecule has 0 bridgehead atoms. The number of alkyl halides is 3. The molecule has 130 valence electrons. The molecule has 0 saturated carbocycles. The summed E-state index contributed by atoms with van der Waals surface area (Å²) in [6.45, 7) is 8.51. The monoisotopic (exact) mass is 316 g/mol. The molecule has 0 spiro atoms. The van der Waals surface area contributed by atoms with Crippen LogP contribution in [0.15, 0.2) is 0 Å². The molecular weight excluding hydrogens is 285 g/mol. The average Bonchev–Trinajstić information content (AvgIpc) is 3.30. The molecule has 0 aromatic rings. The van der Waals surface area contributed by atoms with Crippen molar-refractivity contribution in [2.45, 2.75) is 72.3 Å². The van der Waals surface area contributed by atoms with Gasteiger partial charge in [-0.3, -0.25) is 0 Å². The Morgan fingerprint density at radius 1 is 1.00 bits per heavy atom. The fourth-order valence-electron chi connectivity index (χ4n) is 0.929. The second-order valence-corrected chi connectivity index (χ2v) is 4.70. The number of epoxide rings is 2. The zero-order valence-corrected chi connectivity index (χ0v) is 13.7. The van der Waals surface area contributed by atoms with E-state index in [2.05, 4.69) is 27.7 Å². The van der Waals surface area contributed by atoms with Crippen molar-refractivity contribution in [1.82, 2.24) is 0 Å². The summed E-state index contributed by atoms with van der Waals surface area (Å²) in [7, 11) is 0. The number of halogens is 3. The Balaban J connectivity index is 0. The van der Waals surface area contributed by atoms with Gasteiger partial charge in [-0.2, -0.15) is 13.2 Å². The van der Waals surface area contributed by atoms with Crippen LogP contribution in [0.3, 0.4) is 0 Å². The molecule has 2 saturated heterocycles. The number of rotatable bonds is 6. The highest BCUT2D eigenvalue weighted by molar-refractivity contribution is 4.66. The van der Waals surface area contributed by atoms with Crippen molar-refractivity contribution >= 4 is 0 Å². The van der Waals surface area contributed by atoms with E-state index in [0.717, 1.165) is 26.4 Å². The van der Waals surface area contributed by atoms with E-state index in [-0.39, 0.29) is 0 Å². The third kappa shape index (κ3) is 32.9. The van der Waals surface area contributed by atoms with E-state index in [4.69, 9.17) is 14.2 Å². The molecule has 0 aromatic heterocycles. The summed E-state index contributed by atoms with van der Waals surface area (Å²) in [6, 6.07) is 0. The van der Waals surface area contributed by atoms with Crippen LogP contribution in [0.25, 0.3) is 0 Å². The Morgan fingerprint density at radius 2 is 1.43 bits per heavy atom. The lowest BCUT2D eigenvalue weighted by Crippen LogP contribution is -2.01. The summed E-state index contributed by atoms with van der Waals surface area (Å²) in [6.07, 6.45) is 5.90. The van der Waals surface area contributed by atoms with Crippen LogP contribution in [-0.2, 0) is 14.2 Å². The summed E-state index contributed by atoms with van der Waals surface area (Å²) in [4.78, 5) is 0. The van der Waals surface area contributed by atoms with Crippen molar-refractivity contribution in [1.29, 1.82) is 0 Å². The Bertz CT molecular complexity index is 184. The molecule has 0 radical (unpaired) electrons. The second-order valence-electron chi connectivity index (χ2n) is 4.70. The summed E-state index contributed by atoms with van der Waals surface area (Å²) in [5, 5.41) is 0. The highest BCUT2D eigenvalue weighted by Gasteiger charge is 2.21. The Hall–Kier alpha value is -0.330. The first-order valence-electron chi connectivity index (χ1n) is 7.74. The van der Waals surface area contributed by atoms with E-state index in [0.29, 0.717) is 12.2 Å². The summed E-state index contributed by atoms with van der Waals surface area (Å²) < 4.78 is 44.1. The van der Waals surface area contributed by atoms with E-state index < -0.39 is 6.68 Å². The van der Waals surface area contributed by atoms with E-state index in [1.54, 1.807) is 0 Å². The van der Waals surface area contributed by atoms with Gasteiger partial charge < -0.3 is 14.2 Å². The van der Waals surface area contributed by atoms with Gasteiger partial charge in [-0.05, 0) is 12.8 Å². The van der Waals surface area contributed by atoms with Gasteiger partial charge in [-0.25, -0.2) is 0 Å². The van der Waals surface area contributed by atoms with Crippen molar-refractivity contribution in [3.05, 3.63) is 0 Å². The largest absolute Gasteiger partial charge is 0.379 e. The molecule has 2 rings (SSSR count). The first kappa shape index (κ1) is 22.9. The molecule has 2 fully saturated rings. The van der Waals surface area contributed by atoms with Gasteiger partial charge >= 0.3 is 6.68 Å². The molecule has 0 aromatic carbocycles. The minimum absolute atomic E-state index is 0.432. The van der Waals surface area contributed by atoms with Gasteiger partial charge in [-0.15, -0.1) is 0 Å². The third-order valence-electron chi connectivity index (χ3n) is 2.21. The molecule has 2 unspecified atom stereocenters. The van der Waals surface area contributed by atoms with Gasteiger partial charge in [-0.1, -0.05) is 40.5 Å². The highest BCUT2D eigenvalue weighted by atomic mass is 19.4. The van der Waals surface area contributed by atoms with Crippen LogP contribution in [0.1, 0.15) is 53.4 Å². The minimum atomic E-state index is -3.67. The molecule has 2 aliphatic rings. The van der Waals surface area contributed by atoms with Crippen LogP contribution in [0.5, 0.6) is 0 Å². The minimum Gasteiger partial charge on any atom is -0.379 e. The predicted molar refractivity (Wildman–Crippen MR) is 78.6 cm³/mol. The topological polar surface area (TPSA) is 34.3 Å². The van der Waals surface area contributed by atoms with E-state index in [9.17, 15) is 13.2 Å². The maximum atomic E-state index is 9.67. The lowest BCUT2D eigenvalue weighted by Gasteiger charge is -1.97. The third-order valence-corrected chi connectivity index (χ3v) is 2.21. The zero-order valence-electron chi connectivity index (χ0n) is 13.7. The molecule has 21 heavy (non-hydrogen) atoms. The normalized spacial score (nSPS) is 21.1. The van der Waals surface area contributed by atoms with Crippen molar-refractivity contribution in [3.63, 3.8) is 0 Å². The van der Waals surface area contributed by atoms with Gasteiger partial charge in [0.25, 0.3) is 0 Å². The molecule has 2 atom stereocenters. The van der Waals surface area contributed by atoms with Gasteiger partial charge in [0.05, 0.1) is 25.9 Å². The lowest BCUT2D eigenvalue weighted by atomic mass is 10.4. The molecule has 0 N–H and O–H groups in total. The van der Waals surface area contributed by atoms with Crippen LogP contribution in [-0.4, -0.2) is 45.3 Å². The summed E-state index contributed by atoms with van der Waals surface area (Å²) in [5.41, 5.74) is 0. The van der Waals surface area contributed by atoms with Crippen LogP contribution < -0.4 is 0 Å². The smallest absolute Gasteiger partial charge is 0.379 e. The zero-order chi connectivity index (χ0) is 16.5.